The van der Waals surface area contributed by atoms with Gasteiger partial charge in [0.2, 0.25) is 0 Å². The molecule has 1 aliphatic rings. The smallest absolute Gasteiger partial charge is 0.260 e. The van der Waals surface area contributed by atoms with Gasteiger partial charge in [-0.25, -0.2) is 0 Å². The fourth-order valence-corrected chi connectivity index (χ4v) is 5.21. The number of hydrogen-bond donors (Lipinski definition) is 0. The molecule has 0 spiro atoms. The van der Waals surface area contributed by atoms with E-state index in [0.717, 1.165) is 47.0 Å². The molecule has 0 aliphatic carbocycles. The number of nitrogens with zero attached hydrogens (tertiary/aromatic N) is 1. The average Bonchev–Trinajstić information content (AvgIpc) is 3.05. The Morgan fingerprint density at radius 2 is 1.63 bits per heavy atom. The van der Waals surface area contributed by atoms with E-state index in [-0.39, 0.29) is 12.5 Å². The number of hydrogen-bond acceptors (Lipinski definition) is 3. The molecule has 0 radical (unpaired) electrons. The topological polar surface area (TPSA) is 29.5 Å². The Hall–Kier alpha value is -2.43. The molecule has 0 aromatic heterocycles. The van der Waals surface area contributed by atoms with Gasteiger partial charge in [-0.2, -0.15) is 11.8 Å². The largest absolute Gasteiger partial charge is 0.484 e. The first-order valence-electron chi connectivity index (χ1n) is 10.1. The van der Waals surface area contributed by atoms with Crippen LogP contribution in [0.3, 0.4) is 0 Å². The molecule has 1 saturated heterocycles. The van der Waals surface area contributed by atoms with Crippen LogP contribution in [0.5, 0.6) is 5.75 Å². The second-order valence-corrected chi connectivity index (χ2v) is 8.95. The number of thioether (sulfide) groups is 1. The van der Waals surface area contributed by atoms with Gasteiger partial charge < -0.3 is 9.64 Å². The zero-order valence-electron chi connectivity index (χ0n) is 16.7. The van der Waals surface area contributed by atoms with Gasteiger partial charge in [-0.05, 0) is 41.3 Å². The van der Waals surface area contributed by atoms with Gasteiger partial charge in [0.05, 0.1) is 0 Å². The van der Waals surface area contributed by atoms with Crippen molar-refractivity contribution in [1.82, 2.24) is 4.90 Å². The summed E-state index contributed by atoms with van der Waals surface area (Å²) >= 11 is 8.23. The highest BCUT2D eigenvalue weighted by Gasteiger charge is 2.23. The molecule has 30 heavy (non-hydrogen) atoms. The Kier molecular flexibility index (Phi) is 6.98. The summed E-state index contributed by atoms with van der Waals surface area (Å²) in [6, 6.07) is 26.1. The third-order valence-electron chi connectivity index (χ3n) is 5.27. The molecule has 4 rings (SSSR count). The van der Waals surface area contributed by atoms with E-state index >= 15 is 0 Å². The van der Waals surface area contributed by atoms with Crippen LogP contribution < -0.4 is 4.74 Å². The lowest BCUT2D eigenvalue weighted by atomic mass is 10.1. The number of halogens is 1. The van der Waals surface area contributed by atoms with E-state index in [4.69, 9.17) is 16.3 Å². The number of carbonyl (C=O) groups is 1. The SMILES string of the molecule is O=C(COc1ccc(-c2ccccc2)cc1)N1CCSC(c2ccccc2Cl)CC1. The minimum atomic E-state index is 0.0301. The van der Waals surface area contributed by atoms with Gasteiger partial charge in [-0.3, -0.25) is 4.79 Å². The van der Waals surface area contributed by atoms with Crippen LogP contribution in [-0.4, -0.2) is 36.3 Å². The fourth-order valence-electron chi connectivity index (χ4n) is 3.61. The first-order chi connectivity index (χ1) is 14.7. The van der Waals surface area contributed by atoms with E-state index < -0.39 is 0 Å². The standard InChI is InChI=1S/C25H24ClNO2S/c26-23-9-5-4-8-22(23)24-14-15-27(16-17-30-24)25(28)18-29-21-12-10-20(11-13-21)19-6-2-1-3-7-19/h1-13,24H,14-18H2. The predicted octanol–water partition coefficient (Wildman–Crippen LogP) is 6.09. The minimum Gasteiger partial charge on any atom is -0.484 e. The monoisotopic (exact) mass is 437 g/mol. The van der Waals surface area contributed by atoms with Crippen LogP contribution in [0.25, 0.3) is 11.1 Å². The molecule has 1 amide bonds. The molecular formula is C25H24ClNO2S. The van der Waals surface area contributed by atoms with E-state index in [9.17, 15) is 4.79 Å². The summed E-state index contributed by atoms with van der Waals surface area (Å²) in [6.07, 6.45) is 0.895. The number of benzene rings is 3. The van der Waals surface area contributed by atoms with Gasteiger partial charge in [0.1, 0.15) is 5.75 Å². The van der Waals surface area contributed by atoms with Crippen LogP contribution in [0, 0.1) is 0 Å². The third kappa shape index (κ3) is 5.18. The van der Waals surface area contributed by atoms with Crippen LogP contribution in [0.15, 0.2) is 78.9 Å². The first kappa shape index (κ1) is 20.8. The molecule has 0 bridgehead atoms. The molecule has 1 atom stereocenters. The summed E-state index contributed by atoms with van der Waals surface area (Å²) in [5.41, 5.74) is 3.45. The van der Waals surface area contributed by atoms with Gasteiger partial charge in [0.25, 0.3) is 5.91 Å². The molecular weight excluding hydrogens is 414 g/mol. The van der Waals surface area contributed by atoms with E-state index in [0.29, 0.717) is 11.0 Å². The Balaban J connectivity index is 1.30. The number of rotatable bonds is 5. The molecule has 0 N–H and O–H groups in total. The molecule has 1 fully saturated rings. The van der Waals surface area contributed by atoms with Gasteiger partial charge in [-0.1, -0.05) is 72.3 Å². The molecule has 5 heteroatoms. The maximum Gasteiger partial charge on any atom is 0.260 e. The fraction of sp³-hybridized carbons (Fsp3) is 0.240. The second-order valence-electron chi connectivity index (χ2n) is 7.23. The number of ether oxygens (including phenoxy) is 1. The van der Waals surface area contributed by atoms with Crippen molar-refractivity contribution in [2.75, 3.05) is 25.4 Å². The van der Waals surface area contributed by atoms with E-state index in [2.05, 4.69) is 18.2 Å². The van der Waals surface area contributed by atoms with E-state index in [1.165, 1.54) is 0 Å². The van der Waals surface area contributed by atoms with Crippen molar-refractivity contribution in [1.29, 1.82) is 0 Å². The van der Waals surface area contributed by atoms with Crippen LogP contribution >= 0.6 is 23.4 Å². The summed E-state index contributed by atoms with van der Waals surface area (Å²) in [7, 11) is 0. The lowest BCUT2D eigenvalue weighted by molar-refractivity contribution is -0.133. The molecule has 154 valence electrons. The van der Waals surface area contributed by atoms with Gasteiger partial charge in [0.15, 0.2) is 6.61 Å². The molecule has 1 aliphatic heterocycles. The van der Waals surface area contributed by atoms with Gasteiger partial charge >= 0.3 is 0 Å². The molecule has 1 unspecified atom stereocenters. The zero-order chi connectivity index (χ0) is 20.8. The van der Waals surface area contributed by atoms with Crippen molar-refractivity contribution in [3.63, 3.8) is 0 Å². The van der Waals surface area contributed by atoms with Gasteiger partial charge in [0, 0.05) is 29.1 Å². The molecule has 1 heterocycles. The van der Waals surface area contributed by atoms with Gasteiger partial charge in [-0.15, -0.1) is 0 Å². The highest BCUT2D eigenvalue weighted by Crippen LogP contribution is 2.37. The summed E-state index contributed by atoms with van der Waals surface area (Å²) in [5.74, 6) is 1.64. The van der Waals surface area contributed by atoms with Crippen molar-refractivity contribution in [3.8, 4) is 16.9 Å². The zero-order valence-corrected chi connectivity index (χ0v) is 18.2. The van der Waals surface area contributed by atoms with E-state index in [1.807, 2.05) is 77.3 Å². The quantitative estimate of drug-likeness (QED) is 0.483. The summed E-state index contributed by atoms with van der Waals surface area (Å²) in [6.45, 7) is 1.52. The molecule has 3 aromatic carbocycles. The molecule has 3 nitrogen and oxygen atoms in total. The molecule has 3 aromatic rings. The Morgan fingerprint density at radius 1 is 0.933 bits per heavy atom. The van der Waals surface area contributed by atoms with Crippen molar-refractivity contribution in [2.24, 2.45) is 0 Å². The summed E-state index contributed by atoms with van der Waals surface area (Å²) in [5, 5.41) is 1.13. The number of amides is 1. The highest BCUT2D eigenvalue weighted by molar-refractivity contribution is 7.99. The Bertz CT molecular complexity index is 978. The van der Waals surface area contributed by atoms with Crippen molar-refractivity contribution in [3.05, 3.63) is 89.4 Å². The highest BCUT2D eigenvalue weighted by atomic mass is 35.5. The first-order valence-corrected chi connectivity index (χ1v) is 11.6. The Labute approximate surface area is 187 Å². The Morgan fingerprint density at radius 3 is 2.40 bits per heavy atom. The van der Waals surface area contributed by atoms with Crippen LogP contribution in [0.2, 0.25) is 5.02 Å². The van der Waals surface area contributed by atoms with Crippen molar-refractivity contribution in [2.45, 2.75) is 11.7 Å². The predicted molar refractivity (Wildman–Crippen MR) is 125 cm³/mol. The van der Waals surface area contributed by atoms with Crippen LogP contribution in [-0.2, 0) is 4.79 Å². The summed E-state index contributed by atoms with van der Waals surface area (Å²) < 4.78 is 5.76. The average molecular weight is 438 g/mol. The summed E-state index contributed by atoms with van der Waals surface area (Å²) in [4.78, 5) is 14.6. The number of carbonyl (C=O) groups excluding carboxylic acids is 1. The third-order valence-corrected chi connectivity index (χ3v) is 6.92. The normalized spacial score (nSPS) is 16.7. The van der Waals surface area contributed by atoms with Crippen molar-refractivity contribution >= 4 is 29.3 Å². The lowest BCUT2D eigenvalue weighted by Gasteiger charge is -2.20. The van der Waals surface area contributed by atoms with Crippen molar-refractivity contribution < 1.29 is 9.53 Å². The molecule has 0 saturated carbocycles. The maximum absolute atomic E-state index is 12.7. The minimum absolute atomic E-state index is 0.0301. The second kappa shape index (κ2) is 10.1. The maximum atomic E-state index is 12.7. The van der Waals surface area contributed by atoms with E-state index in [1.54, 1.807) is 0 Å². The van der Waals surface area contributed by atoms with Crippen LogP contribution in [0.4, 0.5) is 0 Å². The lowest BCUT2D eigenvalue weighted by Crippen LogP contribution is -2.36. The van der Waals surface area contributed by atoms with Crippen LogP contribution in [0.1, 0.15) is 17.2 Å².